The van der Waals surface area contributed by atoms with Gasteiger partial charge in [0.05, 0.1) is 13.2 Å². The molecule has 4 heteroatoms. The van der Waals surface area contributed by atoms with Crippen LogP contribution < -0.4 is 5.73 Å². The summed E-state index contributed by atoms with van der Waals surface area (Å²) in [6.07, 6.45) is 2.29. The van der Waals surface area contributed by atoms with Crippen molar-refractivity contribution in [2.75, 3.05) is 40.0 Å². The lowest BCUT2D eigenvalue weighted by Crippen LogP contribution is -2.48. The van der Waals surface area contributed by atoms with E-state index in [1.807, 2.05) is 0 Å². The summed E-state index contributed by atoms with van der Waals surface area (Å²) in [5.41, 5.74) is 5.88. The third-order valence-corrected chi connectivity index (χ3v) is 3.76. The summed E-state index contributed by atoms with van der Waals surface area (Å²) in [5.74, 6) is 0.612. The molecule has 0 aliphatic carbocycles. The fraction of sp³-hybridized carbons (Fsp3) is 1.00. The van der Waals surface area contributed by atoms with Crippen LogP contribution in [0.3, 0.4) is 0 Å². The number of rotatable bonds is 4. The molecule has 3 atom stereocenters. The van der Waals surface area contributed by atoms with Gasteiger partial charge in [-0.3, -0.25) is 4.90 Å². The molecule has 15 heavy (non-hydrogen) atoms. The Morgan fingerprint density at radius 3 is 2.53 bits per heavy atom. The van der Waals surface area contributed by atoms with Gasteiger partial charge in [-0.25, -0.2) is 0 Å². The first-order valence-corrected chi connectivity index (χ1v) is 5.90. The van der Waals surface area contributed by atoms with Crippen LogP contribution in [0.25, 0.3) is 0 Å². The lowest BCUT2D eigenvalue weighted by molar-refractivity contribution is 0.0958. The Morgan fingerprint density at radius 1 is 1.27 bits per heavy atom. The van der Waals surface area contributed by atoms with E-state index >= 15 is 0 Å². The molecule has 2 N–H and O–H groups in total. The van der Waals surface area contributed by atoms with Crippen LogP contribution in [0.15, 0.2) is 0 Å². The van der Waals surface area contributed by atoms with Gasteiger partial charge < -0.3 is 15.2 Å². The van der Waals surface area contributed by atoms with Crippen molar-refractivity contribution < 1.29 is 9.47 Å². The molecule has 2 rings (SSSR count). The largest absolute Gasteiger partial charge is 0.381 e. The minimum absolute atomic E-state index is 0.458. The smallest absolute Gasteiger partial charge is 0.0622 e. The SMILES string of the molecule is CN(C1CCOC1)C(CN)C1CCOC1. The Morgan fingerprint density at radius 2 is 2.00 bits per heavy atom. The van der Waals surface area contributed by atoms with Gasteiger partial charge >= 0.3 is 0 Å². The second kappa shape index (κ2) is 5.25. The van der Waals surface area contributed by atoms with Crippen LogP contribution in [0, 0.1) is 5.92 Å². The van der Waals surface area contributed by atoms with E-state index in [0.717, 1.165) is 45.8 Å². The topological polar surface area (TPSA) is 47.7 Å². The van der Waals surface area contributed by atoms with Crippen molar-refractivity contribution in [3.05, 3.63) is 0 Å². The van der Waals surface area contributed by atoms with Crippen molar-refractivity contribution >= 4 is 0 Å². The van der Waals surface area contributed by atoms with Gasteiger partial charge in [0, 0.05) is 37.8 Å². The Kier molecular flexibility index (Phi) is 3.97. The Balaban J connectivity index is 1.91. The Bertz CT molecular complexity index is 189. The third-order valence-electron chi connectivity index (χ3n) is 3.76. The predicted molar refractivity (Wildman–Crippen MR) is 58.8 cm³/mol. The first kappa shape index (κ1) is 11.3. The lowest BCUT2D eigenvalue weighted by atomic mass is 9.96. The first-order chi connectivity index (χ1) is 7.33. The summed E-state index contributed by atoms with van der Waals surface area (Å²) in [6.45, 7) is 4.25. The number of ether oxygens (including phenoxy) is 2. The normalized spacial score (nSPS) is 33.8. The minimum Gasteiger partial charge on any atom is -0.381 e. The molecule has 2 heterocycles. The monoisotopic (exact) mass is 214 g/mol. The maximum Gasteiger partial charge on any atom is 0.0622 e. The maximum absolute atomic E-state index is 5.88. The van der Waals surface area contributed by atoms with E-state index in [0.29, 0.717) is 18.0 Å². The predicted octanol–water partition coefficient (Wildman–Crippen LogP) is 0.0709. The van der Waals surface area contributed by atoms with Crippen LogP contribution in [0.1, 0.15) is 12.8 Å². The number of likely N-dealkylation sites (N-methyl/N-ethyl adjacent to an activating group) is 1. The zero-order chi connectivity index (χ0) is 10.7. The van der Waals surface area contributed by atoms with Gasteiger partial charge in [0.2, 0.25) is 0 Å². The molecule has 4 nitrogen and oxygen atoms in total. The molecule has 3 unspecified atom stereocenters. The summed E-state index contributed by atoms with van der Waals surface area (Å²) in [4.78, 5) is 2.41. The van der Waals surface area contributed by atoms with Gasteiger partial charge in [-0.1, -0.05) is 0 Å². The number of nitrogens with two attached hydrogens (primary N) is 1. The molecule has 88 valence electrons. The van der Waals surface area contributed by atoms with Crippen LogP contribution in [-0.2, 0) is 9.47 Å². The van der Waals surface area contributed by atoms with Crippen molar-refractivity contribution in [3.63, 3.8) is 0 Å². The molecule has 0 spiro atoms. The van der Waals surface area contributed by atoms with Gasteiger partial charge in [-0.05, 0) is 19.9 Å². The minimum atomic E-state index is 0.458. The highest BCUT2D eigenvalue weighted by molar-refractivity contribution is 4.86. The van der Waals surface area contributed by atoms with E-state index in [9.17, 15) is 0 Å². The van der Waals surface area contributed by atoms with E-state index in [1.165, 1.54) is 0 Å². The summed E-state index contributed by atoms with van der Waals surface area (Å²) < 4.78 is 10.9. The highest BCUT2D eigenvalue weighted by Gasteiger charge is 2.32. The summed E-state index contributed by atoms with van der Waals surface area (Å²) in [7, 11) is 2.18. The van der Waals surface area contributed by atoms with Crippen molar-refractivity contribution in [2.24, 2.45) is 11.7 Å². The van der Waals surface area contributed by atoms with Gasteiger partial charge in [0.25, 0.3) is 0 Å². The molecular formula is C11H22N2O2. The fourth-order valence-corrected chi connectivity index (χ4v) is 2.66. The van der Waals surface area contributed by atoms with Crippen LogP contribution in [0.2, 0.25) is 0 Å². The van der Waals surface area contributed by atoms with Crippen molar-refractivity contribution in [1.29, 1.82) is 0 Å². The van der Waals surface area contributed by atoms with Crippen LogP contribution in [0.4, 0.5) is 0 Å². The van der Waals surface area contributed by atoms with Gasteiger partial charge in [0.1, 0.15) is 0 Å². The van der Waals surface area contributed by atoms with Crippen molar-refractivity contribution in [2.45, 2.75) is 24.9 Å². The van der Waals surface area contributed by atoms with Gasteiger partial charge in [-0.15, -0.1) is 0 Å². The first-order valence-electron chi connectivity index (χ1n) is 5.90. The van der Waals surface area contributed by atoms with Crippen LogP contribution in [0.5, 0.6) is 0 Å². The summed E-state index contributed by atoms with van der Waals surface area (Å²) >= 11 is 0. The highest BCUT2D eigenvalue weighted by atomic mass is 16.5. The standard InChI is InChI=1S/C11H22N2O2/c1-13(10-3-5-15-8-10)11(6-12)9-2-4-14-7-9/h9-11H,2-8,12H2,1H3. The quantitative estimate of drug-likeness (QED) is 0.719. The number of hydrogen-bond acceptors (Lipinski definition) is 4. The van der Waals surface area contributed by atoms with Crippen molar-refractivity contribution in [1.82, 2.24) is 4.90 Å². The zero-order valence-electron chi connectivity index (χ0n) is 9.52. The van der Waals surface area contributed by atoms with Gasteiger partial charge in [0.15, 0.2) is 0 Å². The molecule has 0 radical (unpaired) electrons. The van der Waals surface area contributed by atoms with E-state index in [1.54, 1.807) is 0 Å². The average Bonchev–Trinajstić information content (AvgIpc) is 2.91. The van der Waals surface area contributed by atoms with Crippen LogP contribution >= 0.6 is 0 Å². The second-order valence-corrected chi connectivity index (χ2v) is 4.61. The average molecular weight is 214 g/mol. The third kappa shape index (κ3) is 2.50. The molecule has 2 saturated heterocycles. The molecule has 2 aliphatic rings. The lowest BCUT2D eigenvalue weighted by Gasteiger charge is -2.34. The molecule has 0 saturated carbocycles. The molecular weight excluding hydrogens is 192 g/mol. The highest BCUT2D eigenvalue weighted by Crippen LogP contribution is 2.23. The molecule has 2 aliphatic heterocycles. The molecule has 0 aromatic rings. The fourth-order valence-electron chi connectivity index (χ4n) is 2.66. The Hall–Kier alpha value is -0.160. The van der Waals surface area contributed by atoms with E-state index in [4.69, 9.17) is 15.2 Å². The Labute approximate surface area is 91.7 Å². The van der Waals surface area contributed by atoms with Gasteiger partial charge in [-0.2, -0.15) is 0 Å². The summed E-state index contributed by atoms with van der Waals surface area (Å²) in [6, 6.07) is 1.01. The van der Waals surface area contributed by atoms with E-state index < -0.39 is 0 Å². The zero-order valence-corrected chi connectivity index (χ0v) is 9.52. The van der Waals surface area contributed by atoms with Crippen molar-refractivity contribution in [3.8, 4) is 0 Å². The maximum atomic E-state index is 5.88. The van der Waals surface area contributed by atoms with E-state index in [2.05, 4.69) is 11.9 Å². The number of hydrogen-bond donors (Lipinski definition) is 1. The second-order valence-electron chi connectivity index (χ2n) is 4.61. The molecule has 0 bridgehead atoms. The molecule has 2 fully saturated rings. The molecule has 0 aromatic carbocycles. The summed E-state index contributed by atoms with van der Waals surface area (Å²) in [5, 5.41) is 0. The molecule has 0 amide bonds. The van der Waals surface area contributed by atoms with E-state index in [-0.39, 0.29) is 0 Å². The van der Waals surface area contributed by atoms with Crippen LogP contribution in [-0.4, -0.2) is 57.0 Å². The molecule has 0 aromatic heterocycles. The number of nitrogens with zero attached hydrogens (tertiary/aromatic N) is 1.